The number of rotatable bonds is 4. The molecule has 0 aliphatic carbocycles. The molecule has 0 radical (unpaired) electrons. The monoisotopic (exact) mass is 446 g/mol. The molecule has 168 valence electrons. The molecule has 3 aliphatic rings. The van der Waals surface area contributed by atoms with Crippen molar-refractivity contribution in [2.45, 2.75) is 51.2 Å². The summed E-state index contributed by atoms with van der Waals surface area (Å²) in [5.41, 5.74) is 0.384. The van der Waals surface area contributed by atoms with Crippen molar-refractivity contribution in [2.24, 2.45) is 0 Å². The first-order valence-electron chi connectivity index (χ1n) is 11.4. The first-order chi connectivity index (χ1) is 14.9. The van der Waals surface area contributed by atoms with E-state index in [1.807, 2.05) is 13.8 Å². The minimum absolute atomic E-state index is 0.0516. The number of aliphatic hydroxyl groups is 1. The molecule has 0 amide bonds. The number of nitrogens with one attached hydrogen (secondary N) is 1. The Bertz CT molecular complexity index is 953. The van der Waals surface area contributed by atoms with Crippen molar-refractivity contribution >= 4 is 40.3 Å². The summed E-state index contributed by atoms with van der Waals surface area (Å²) in [5.74, 6) is 2.15. The minimum Gasteiger partial charge on any atom is -0.388 e. The summed E-state index contributed by atoms with van der Waals surface area (Å²) in [6.07, 6.45) is 4.18. The SMILES string of the molecule is CC(C)(O)[C@H]1CCCN1c1nc2nc(N3CCNCC3)nc(N3CCCC3)c2nc1Cl. The molecule has 3 saturated heterocycles. The Kier molecular flexibility index (Phi) is 5.52. The van der Waals surface area contributed by atoms with E-state index in [1.165, 1.54) is 0 Å². The maximum atomic E-state index is 10.7. The van der Waals surface area contributed by atoms with Gasteiger partial charge in [0.25, 0.3) is 0 Å². The van der Waals surface area contributed by atoms with Crippen LogP contribution in [-0.4, -0.2) is 82.5 Å². The van der Waals surface area contributed by atoms with Gasteiger partial charge in [-0.2, -0.15) is 9.97 Å². The van der Waals surface area contributed by atoms with Crippen LogP contribution in [0.1, 0.15) is 39.5 Å². The lowest BCUT2D eigenvalue weighted by Crippen LogP contribution is -2.46. The van der Waals surface area contributed by atoms with Crippen molar-refractivity contribution in [3.05, 3.63) is 5.15 Å². The third-order valence-corrected chi connectivity index (χ3v) is 6.84. The van der Waals surface area contributed by atoms with E-state index in [-0.39, 0.29) is 6.04 Å². The molecule has 3 aliphatic heterocycles. The average Bonchev–Trinajstić information content (AvgIpc) is 3.45. The van der Waals surface area contributed by atoms with Gasteiger partial charge in [-0.25, -0.2) is 9.97 Å². The third-order valence-electron chi connectivity index (χ3n) is 6.59. The van der Waals surface area contributed by atoms with Gasteiger partial charge in [0.1, 0.15) is 0 Å². The van der Waals surface area contributed by atoms with Gasteiger partial charge in [0.15, 0.2) is 28.0 Å². The molecular weight excluding hydrogens is 416 g/mol. The number of fused-ring (bicyclic) bond motifs is 1. The molecule has 9 nitrogen and oxygen atoms in total. The number of anilines is 3. The van der Waals surface area contributed by atoms with Crippen molar-refractivity contribution < 1.29 is 5.11 Å². The standard InChI is InChI=1S/C21H31ClN8O/c1-21(2,31)14-6-5-11-30(14)19-16(22)24-15-17(25-19)26-20(29-12-7-23-8-13-29)27-18(15)28-9-3-4-10-28/h14,23,31H,3-13H2,1-2H3/t14-/m1/s1. The van der Waals surface area contributed by atoms with Crippen molar-refractivity contribution in [1.29, 1.82) is 0 Å². The van der Waals surface area contributed by atoms with E-state index >= 15 is 0 Å². The quantitative estimate of drug-likeness (QED) is 0.729. The zero-order chi connectivity index (χ0) is 21.6. The van der Waals surface area contributed by atoms with E-state index in [9.17, 15) is 5.11 Å². The zero-order valence-electron chi connectivity index (χ0n) is 18.3. The Hall–Kier alpha value is -1.97. The van der Waals surface area contributed by atoms with E-state index in [4.69, 9.17) is 31.5 Å². The van der Waals surface area contributed by atoms with E-state index in [0.717, 1.165) is 77.3 Å². The summed E-state index contributed by atoms with van der Waals surface area (Å²) in [7, 11) is 0. The van der Waals surface area contributed by atoms with Gasteiger partial charge >= 0.3 is 0 Å². The zero-order valence-corrected chi connectivity index (χ0v) is 19.1. The smallest absolute Gasteiger partial charge is 0.229 e. The highest BCUT2D eigenvalue weighted by Gasteiger charge is 2.38. The van der Waals surface area contributed by atoms with Crippen molar-refractivity contribution in [3.8, 4) is 0 Å². The van der Waals surface area contributed by atoms with E-state index in [1.54, 1.807) is 0 Å². The maximum Gasteiger partial charge on any atom is 0.229 e. The van der Waals surface area contributed by atoms with Gasteiger partial charge < -0.3 is 25.1 Å². The highest BCUT2D eigenvalue weighted by atomic mass is 35.5. The highest BCUT2D eigenvalue weighted by Crippen LogP contribution is 2.36. The summed E-state index contributed by atoms with van der Waals surface area (Å²) in [6.45, 7) is 9.96. The Labute approximate surface area is 187 Å². The Morgan fingerprint density at radius 3 is 2.35 bits per heavy atom. The lowest BCUT2D eigenvalue weighted by atomic mass is 9.97. The number of aromatic nitrogens is 4. The van der Waals surface area contributed by atoms with Gasteiger partial charge in [-0.15, -0.1) is 0 Å². The van der Waals surface area contributed by atoms with Crippen LogP contribution in [0.25, 0.3) is 11.2 Å². The fourth-order valence-electron chi connectivity index (χ4n) is 4.99. The lowest BCUT2D eigenvalue weighted by Gasteiger charge is -2.34. The van der Waals surface area contributed by atoms with Crippen LogP contribution in [0.2, 0.25) is 5.15 Å². The van der Waals surface area contributed by atoms with Gasteiger partial charge in [0.05, 0.1) is 11.6 Å². The van der Waals surface area contributed by atoms with Crippen LogP contribution < -0.4 is 20.0 Å². The molecule has 0 unspecified atom stereocenters. The number of hydrogen-bond donors (Lipinski definition) is 2. The Morgan fingerprint density at radius 2 is 1.65 bits per heavy atom. The topological polar surface area (TPSA) is 93.5 Å². The van der Waals surface area contributed by atoms with Crippen molar-refractivity contribution in [3.63, 3.8) is 0 Å². The van der Waals surface area contributed by atoms with E-state index in [0.29, 0.717) is 28.1 Å². The summed E-state index contributed by atoms with van der Waals surface area (Å²) >= 11 is 6.68. The number of halogens is 1. The fourth-order valence-corrected chi connectivity index (χ4v) is 5.22. The Balaban J connectivity index is 1.62. The van der Waals surface area contributed by atoms with Gasteiger partial charge in [0, 0.05) is 45.8 Å². The van der Waals surface area contributed by atoms with Crippen molar-refractivity contribution in [1.82, 2.24) is 25.3 Å². The predicted octanol–water partition coefficient (Wildman–Crippen LogP) is 1.82. The van der Waals surface area contributed by atoms with Crippen LogP contribution in [0.15, 0.2) is 0 Å². The molecule has 31 heavy (non-hydrogen) atoms. The average molecular weight is 447 g/mol. The first-order valence-corrected chi connectivity index (χ1v) is 11.7. The molecule has 1 atom stereocenters. The minimum atomic E-state index is -0.852. The maximum absolute atomic E-state index is 10.7. The van der Waals surface area contributed by atoms with E-state index in [2.05, 4.69) is 20.0 Å². The molecule has 2 N–H and O–H groups in total. The van der Waals surface area contributed by atoms with Crippen LogP contribution in [0, 0.1) is 0 Å². The number of nitrogens with zero attached hydrogens (tertiary/aromatic N) is 7. The molecular formula is C21H31ClN8O. The van der Waals surface area contributed by atoms with Crippen molar-refractivity contribution in [2.75, 3.05) is 60.5 Å². The van der Waals surface area contributed by atoms with Gasteiger partial charge in [0.2, 0.25) is 5.95 Å². The second-order valence-corrected chi connectivity index (χ2v) is 9.65. The van der Waals surface area contributed by atoms with Gasteiger partial charge in [-0.05, 0) is 39.5 Å². The van der Waals surface area contributed by atoms with Crippen LogP contribution in [0.5, 0.6) is 0 Å². The number of piperazine rings is 1. The summed E-state index contributed by atoms with van der Waals surface area (Å²) in [6, 6.07) is -0.0516. The fraction of sp³-hybridized carbons (Fsp3) is 0.714. The first kappa shape index (κ1) is 20.9. The largest absolute Gasteiger partial charge is 0.388 e. The van der Waals surface area contributed by atoms with Crippen LogP contribution >= 0.6 is 11.6 Å². The molecule has 5 heterocycles. The summed E-state index contributed by atoms with van der Waals surface area (Å²) < 4.78 is 0. The van der Waals surface area contributed by atoms with Crippen LogP contribution in [0.4, 0.5) is 17.6 Å². The summed E-state index contributed by atoms with van der Waals surface area (Å²) in [5, 5.41) is 14.4. The molecule has 0 aromatic carbocycles. The lowest BCUT2D eigenvalue weighted by molar-refractivity contribution is 0.0533. The van der Waals surface area contributed by atoms with E-state index < -0.39 is 5.60 Å². The predicted molar refractivity (Wildman–Crippen MR) is 123 cm³/mol. The molecule has 2 aromatic rings. The molecule has 10 heteroatoms. The third kappa shape index (κ3) is 3.99. The molecule has 0 saturated carbocycles. The highest BCUT2D eigenvalue weighted by molar-refractivity contribution is 6.32. The second kappa shape index (κ2) is 8.18. The van der Waals surface area contributed by atoms with Gasteiger partial charge in [-0.1, -0.05) is 11.6 Å². The number of hydrogen-bond acceptors (Lipinski definition) is 9. The normalized spacial score (nSPS) is 22.7. The molecule has 0 bridgehead atoms. The molecule has 0 spiro atoms. The van der Waals surface area contributed by atoms with Crippen LogP contribution in [0.3, 0.4) is 0 Å². The Morgan fingerprint density at radius 1 is 0.903 bits per heavy atom. The molecule has 5 rings (SSSR count). The second-order valence-electron chi connectivity index (χ2n) is 9.29. The molecule has 2 aromatic heterocycles. The van der Waals surface area contributed by atoms with Gasteiger partial charge in [-0.3, -0.25) is 0 Å². The van der Waals surface area contributed by atoms with Crippen LogP contribution in [-0.2, 0) is 0 Å². The molecule has 3 fully saturated rings. The summed E-state index contributed by atoms with van der Waals surface area (Å²) in [4.78, 5) is 26.0.